The molecule has 0 saturated carbocycles. The Hall–Kier alpha value is -2.94. The lowest BCUT2D eigenvalue weighted by atomic mass is 10.1. The van der Waals surface area contributed by atoms with E-state index in [0.717, 1.165) is 6.07 Å². The fourth-order valence-corrected chi connectivity index (χ4v) is 3.29. The minimum Gasteiger partial charge on any atom is -0.399 e. The Bertz CT molecular complexity index is 921. The third-order valence-corrected chi connectivity index (χ3v) is 4.39. The molecule has 1 aliphatic heterocycles. The second kappa shape index (κ2) is 4.81. The van der Waals surface area contributed by atoms with E-state index in [2.05, 4.69) is 9.71 Å². The summed E-state index contributed by atoms with van der Waals surface area (Å²) in [5.74, 6) is 0.107. The first-order valence-corrected chi connectivity index (χ1v) is 7.57. The van der Waals surface area contributed by atoms with Gasteiger partial charge >= 0.3 is 0 Å². The Labute approximate surface area is 125 Å². The van der Waals surface area contributed by atoms with Gasteiger partial charge in [-0.15, -0.1) is 4.40 Å². The van der Waals surface area contributed by atoms with Crippen LogP contribution >= 0.6 is 0 Å². The molecule has 0 radical (unpaired) electrons. The summed E-state index contributed by atoms with van der Waals surface area (Å²) in [5, 5.41) is 13.6. The maximum Gasteiger partial charge on any atom is 0.285 e. The molecule has 2 aromatic carbocycles. The summed E-state index contributed by atoms with van der Waals surface area (Å²) in [6.45, 7) is 0. The van der Waals surface area contributed by atoms with Crippen LogP contribution in [0.25, 0.3) is 0 Å². The molecule has 22 heavy (non-hydrogen) atoms. The fourth-order valence-electron chi connectivity index (χ4n) is 2.10. The number of nitro groups is 1. The van der Waals surface area contributed by atoms with Crippen LogP contribution in [0, 0.1) is 10.1 Å². The Kier molecular flexibility index (Phi) is 3.06. The monoisotopic (exact) mass is 318 g/mol. The van der Waals surface area contributed by atoms with Gasteiger partial charge in [-0.25, -0.2) is 0 Å². The zero-order valence-corrected chi connectivity index (χ0v) is 11.9. The van der Waals surface area contributed by atoms with Crippen molar-refractivity contribution in [1.29, 1.82) is 0 Å². The highest BCUT2D eigenvalue weighted by atomic mass is 32.2. The molecule has 0 fully saturated rings. The predicted octanol–water partition coefficient (Wildman–Crippen LogP) is 1.74. The molecule has 8 nitrogen and oxygen atoms in total. The van der Waals surface area contributed by atoms with Crippen molar-refractivity contribution in [2.45, 2.75) is 4.90 Å². The number of fused-ring (bicyclic) bond motifs is 1. The second-order valence-corrected chi connectivity index (χ2v) is 6.18. The Morgan fingerprint density at radius 2 is 1.95 bits per heavy atom. The zero-order valence-electron chi connectivity index (χ0n) is 11.1. The van der Waals surface area contributed by atoms with Crippen LogP contribution in [0.5, 0.6) is 0 Å². The topological polar surface area (TPSA) is 128 Å². The van der Waals surface area contributed by atoms with Crippen LogP contribution in [0.3, 0.4) is 0 Å². The molecule has 2 aromatic rings. The molecular weight excluding hydrogens is 308 g/mol. The van der Waals surface area contributed by atoms with E-state index in [4.69, 9.17) is 5.73 Å². The first-order valence-electron chi connectivity index (χ1n) is 6.13. The number of nitrogen functional groups attached to an aromatic ring is 1. The molecule has 0 amide bonds. The van der Waals surface area contributed by atoms with Crippen molar-refractivity contribution in [3.05, 3.63) is 58.1 Å². The molecule has 0 aliphatic carbocycles. The zero-order chi connectivity index (χ0) is 15.9. The molecular formula is C13H10N4O4S. The number of nitrogens with two attached hydrogens (primary N) is 1. The highest BCUT2D eigenvalue weighted by molar-refractivity contribution is 7.90. The third kappa shape index (κ3) is 2.37. The van der Waals surface area contributed by atoms with Gasteiger partial charge in [0.15, 0.2) is 5.84 Å². The highest BCUT2D eigenvalue weighted by Gasteiger charge is 2.31. The van der Waals surface area contributed by atoms with E-state index in [0.29, 0.717) is 11.4 Å². The molecule has 3 N–H and O–H groups in total. The molecule has 0 aromatic heterocycles. The average molecular weight is 318 g/mol. The number of hydrogen-bond donors (Lipinski definition) is 2. The summed E-state index contributed by atoms with van der Waals surface area (Å²) >= 11 is 0. The van der Waals surface area contributed by atoms with Crippen LogP contribution in [0.15, 0.2) is 51.8 Å². The van der Waals surface area contributed by atoms with Gasteiger partial charge in [-0.1, -0.05) is 6.07 Å². The van der Waals surface area contributed by atoms with E-state index >= 15 is 0 Å². The van der Waals surface area contributed by atoms with E-state index in [1.165, 1.54) is 12.1 Å². The summed E-state index contributed by atoms with van der Waals surface area (Å²) in [7, 11) is -3.95. The molecule has 0 saturated heterocycles. The average Bonchev–Trinajstić information content (AvgIpc) is 2.70. The van der Waals surface area contributed by atoms with Crippen LogP contribution in [-0.2, 0) is 10.0 Å². The van der Waals surface area contributed by atoms with Gasteiger partial charge in [0.25, 0.3) is 15.7 Å². The minimum absolute atomic E-state index is 0.107. The number of sulfonamides is 1. The van der Waals surface area contributed by atoms with Crippen molar-refractivity contribution < 1.29 is 13.3 Å². The van der Waals surface area contributed by atoms with Gasteiger partial charge in [-0.2, -0.15) is 8.42 Å². The second-order valence-electron chi connectivity index (χ2n) is 4.60. The summed E-state index contributed by atoms with van der Waals surface area (Å²) < 4.78 is 27.7. The van der Waals surface area contributed by atoms with Gasteiger partial charge in [0.05, 0.1) is 4.92 Å². The quantitative estimate of drug-likeness (QED) is 0.493. The van der Waals surface area contributed by atoms with Gasteiger partial charge in [0.2, 0.25) is 0 Å². The van der Waals surface area contributed by atoms with E-state index < -0.39 is 14.9 Å². The maximum atomic E-state index is 12.0. The number of benzene rings is 2. The number of nitrogens with one attached hydrogen (secondary N) is 1. The minimum atomic E-state index is -3.95. The summed E-state index contributed by atoms with van der Waals surface area (Å²) in [6.07, 6.45) is 0. The number of hydrogen-bond acceptors (Lipinski definition) is 6. The van der Waals surface area contributed by atoms with Crippen molar-refractivity contribution in [3.63, 3.8) is 0 Å². The molecule has 0 atom stereocenters. The van der Waals surface area contributed by atoms with E-state index in [9.17, 15) is 18.5 Å². The van der Waals surface area contributed by atoms with E-state index in [1.807, 2.05) is 0 Å². The maximum absolute atomic E-state index is 12.0. The van der Waals surface area contributed by atoms with Crippen LogP contribution in [0.4, 0.5) is 17.1 Å². The van der Waals surface area contributed by atoms with Gasteiger partial charge in [0, 0.05) is 29.1 Å². The Morgan fingerprint density at radius 1 is 1.18 bits per heavy atom. The number of nitro benzene ring substituents is 1. The molecule has 9 heteroatoms. The lowest BCUT2D eigenvalue weighted by Gasteiger charge is -2.06. The molecule has 3 rings (SSSR count). The fraction of sp³-hybridized carbons (Fsp3) is 0. The number of non-ortho nitro benzene ring substituents is 1. The largest absolute Gasteiger partial charge is 0.399 e. The Morgan fingerprint density at radius 3 is 2.64 bits per heavy atom. The van der Waals surface area contributed by atoms with E-state index in [-0.39, 0.29) is 22.0 Å². The normalized spacial score (nSPS) is 15.0. The van der Waals surface area contributed by atoms with Crippen molar-refractivity contribution in [2.75, 3.05) is 11.1 Å². The summed E-state index contributed by atoms with van der Waals surface area (Å²) in [4.78, 5) is 9.93. The van der Waals surface area contributed by atoms with E-state index in [1.54, 1.807) is 24.3 Å². The lowest BCUT2D eigenvalue weighted by molar-refractivity contribution is -0.385. The molecule has 0 unspecified atom stereocenters. The molecule has 0 bridgehead atoms. The van der Waals surface area contributed by atoms with Crippen LogP contribution in [-0.4, -0.2) is 19.2 Å². The molecule has 0 spiro atoms. The first kappa shape index (κ1) is 14.0. The van der Waals surface area contributed by atoms with Crippen molar-refractivity contribution in [2.24, 2.45) is 4.40 Å². The summed E-state index contributed by atoms with van der Waals surface area (Å²) in [6, 6.07) is 10.3. The molecule has 112 valence electrons. The molecule has 1 heterocycles. The van der Waals surface area contributed by atoms with Gasteiger partial charge in [-0.3, -0.25) is 10.1 Å². The number of amidine groups is 1. The lowest BCUT2D eigenvalue weighted by Crippen LogP contribution is -2.11. The van der Waals surface area contributed by atoms with Crippen LogP contribution < -0.4 is 11.1 Å². The van der Waals surface area contributed by atoms with Crippen molar-refractivity contribution in [1.82, 2.24) is 0 Å². The third-order valence-electron chi connectivity index (χ3n) is 3.07. The predicted molar refractivity (Wildman–Crippen MR) is 81.3 cm³/mol. The smallest absolute Gasteiger partial charge is 0.285 e. The van der Waals surface area contributed by atoms with Gasteiger partial charge in [-0.05, 0) is 24.3 Å². The van der Waals surface area contributed by atoms with Crippen LogP contribution in [0.1, 0.15) is 5.56 Å². The first-order chi connectivity index (χ1) is 10.4. The standard InChI is InChI=1S/C13H10N4O4S/c14-8-2-1-3-9(6-8)15-13-11-5-4-10(17(18)19)7-12(11)22(20,21)16-13/h1-7H,14H2,(H,15,16). The number of nitrogens with zero attached hydrogens (tertiary/aromatic N) is 2. The Balaban J connectivity index is 2.05. The number of anilines is 2. The molecule has 1 aliphatic rings. The van der Waals surface area contributed by atoms with Crippen molar-refractivity contribution in [3.8, 4) is 0 Å². The SMILES string of the molecule is Nc1cccc(NC2=NS(=O)(=O)c3cc([N+](=O)[O-])ccc32)c1. The van der Waals surface area contributed by atoms with Gasteiger partial charge in [0.1, 0.15) is 4.90 Å². The highest BCUT2D eigenvalue weighted by Crippen LogP contribution is 2.30. The van der Waals surface area contributed by atoms with Crippen LogP contribution in [0.2, 0.25) is 0 Å². The van der Waals surface area contributed by atoms with Crippen molar-refractivity contribution >= 4 is 32.9 Å². The van der Waals surface area contributed by atoms with Gasteiger partial charge < -0.3 is 11.1 Å². The summed E-state index contributed by atoms with van der Waals surface area (Å²) in [5.41, 5.74) is 6.72. The number of rotatable bonds is 2.